The third-order valence-corrected chi connectivity index (χ3v) is 1.63. The fourth-order valence-electron chi connectivity index (χ4n) is 0.878. The lowest BCUT2D eigenvalue weighted by atomic mass is 10.1. The predicted molar refractivity (Wildman–Crippen MR) is 42.8 cm³/mol. The summed E-state index contributed by atoms with van der Waals surface area (Å²) in [5.41, 5.74) is 0.453. The van der Waals surface area contributed by atoms with E-state index in [2.05, 4.69) is 0 Å². The molecule has 3 nitrogen and oxygen atoms in total. The molecular weight excluding hydrogens is 142 g/mol. The quantitative estimate of drug-likeness (QED) is 0.604. The zero-order valence-electron chi connectivity index (χ0n) is 6.63. The highest BCUT2D eigenvalue weighted by molar-refractivity contribution is 6.02. The van der Waals surface area contributed by atoms with E-state index < -0.39 is 5.79 Å². The minimum atomic E-state index is -0.759. The highest BCUT2D eigenvalue weighted by atomic mass is 16.7. The van der Waals surface area contributed by atoms with Crippen LogP contribution < -0.4 is 0 Å². The van der Waals surface area contributed by atoms with Crippen LogP contribution in [0.15, 0.2) is 24.3 Å². The molecule has 0 saturated heterocycles. The Hall–Kier alpha value is -0.930. The van der Waals surface area contributed by atoms with Crippen LogP contribution in [0.3, 0.4) is 0 Å². The maximum atomic E-state index is 7.23. The number of hydrogen-bond donors (Lipinski definition) is 1. The normalized spacial score (nSPS) is 20.7. The summed E-state index contributed by atoms with van der Waals surface area (Å²) in [7, 11) is 3.13. The molecule has 0 heterocycles. The lowest BCUT2D eigenvalue weighted by Crippen LogP contribution is -2.30. The lowest BCUT2D eigenvalue weighted by Gasteiger charge is -2.25. The molecule has 11 heavy (non-hydrogen) atoms. The first kappa shape index (κ1) is 8.17. The Morgan fingerprint density at radius 2 is 1.64 bits per heavy atom. The van der Waals surface area contributed by atoms with Crippen molar-refractivity contribution in [3.05, 3.63) is 24.3 Å². The molecule has 0 unspecified atom stereocenters. The van der Waals surface area contributed by atoms with Gasteiger partial charge < -0.3 is 14.9 Å². The first-order chi connectivity index (χ1) is 5.22. The summed E-state index contributed by atoms with van der Waals surface area (Å²) in [6, 6.07) is 0. The minimum Gasteiger partial charge on any atom is -0.346 e. The standard InChI is InChI=1S/C8H11NO2/c1-10-8(11-2)5-3-7(9)4-6-8/h3-6,9H,1-2H3. The molecule has 3 heteroatoms. The third kappa shape index (κ3) is 1.56. The van der Waals surface area contributed by atoms with Crippen molar-refractivity contribution in [2.24, 2.45) is 0 Å². The molecule has 0 aromatic heterocycles. The number of nitrogens with one attached hydrogen (secondary N) is 1. The second kappa shape index (κ2) is 2.98. The van der Waals surface area contributed by atoms with Crippen LogP contribution in [0.5, 0.6) is 0 Å². The summed E-state index contributed by atoms with van der Waals surface area (Å²) >= 11 is 0. The van der Waals surface area contributed by atoms with E-state index in [1.165, 1.54) is 0 Å². The van der Waals surface area contributed by atoms with Crippen molar-refractivity contribution in [1.29, 1.82) is 5.41 Å². The van der Waals surface area contributed by atoms with Gasteiger partial charge in [-0.15, -0.1) is 0 Å². The molecule has 0 aromatic rings. The van der Waals surface area contributed by atoms with Crippen molar-refractivity contribution < 1.29 is 9.47 Å². The smallest absolute Gasteiger partial charge is 0.208 e. The number of rotatable bonds is 2. The van der Waals surface area contributed by atoms with Crippen LogP contribution >= 0.6 is 0 Å². The molecular formula is C8H11NO2. The van der Waals surface area contributed by atoms with E-state index in [1.54, 1.807) is 38.5 Å². The molecule has 0 fully saturated rings. The van der Waals surface area contributed by atoms with Crippen molar-refractivity contribution in [1.82, 2.24) is 0 Å². The molecule has 1 aliphatic carbocycles. The molecule has 1 rings (SSSR count). The van der Waals surface area contributed by atoms with E-state index in [0.29, 0.717) is 5.71 Å². The van der Waals surface area contributed by atoms with Crippen LogP contribution in [-0.2, 0) is 9.47 Å². The fraction of sp³-hybridized carbons (Fsp3) is 0.375. The Morgan fingerprint density at radius 1 is 1.18 bits per heavy atom. The maximum Gasteiger partial charge on any atom is 0.208 e. The van der Waals surface area contributed by atoms with Crippen LogP contribution in [-0.4, -0.2) is 25.7 Å². The second-order valence-electron chi connectivity index (χ2n) is 2.25. The number of ether oxygens (including phenoxy) is 2. The summed E-state index contributed by atoms with van der Waals surface area (Å²) in [6.07, 6.45) is 6.70. The lowest BCUT2D eigenvalue weighted by molar-refractivity contribution is -0.133. The first-order valence-electron chi connectivity index (χ1n) is 3.30. The average Bonchev–Trinajstić information content (AvgIpc) is 2.07. The molecule has 0 aromatic carbocycles. The van der Waals surface area contributed by atoms with E-state index >= 15 is 0 Å². The molecule has 60 valence electrons. The number of allylic oxidation sites excluding steroid dienone is 2. The Bertz CT molecular complexity index is 196. The Labute approximate surface area is 65.8 Å². The van der Waals surface area contributed by atoms with Crippen molar-refractivity contribution in [3.8, 4) is 0 Å². The van der Waals surface area contributed by atoms with Crippen molar-refractivity contribution in [3.63, 3.8) is 0 Å². The molecule has 0 saturated carbocycles. The molecule has 1 aliphatic rings. The average molecular weight is 153 g/mol. The monoisotopic (exact) mass is 153 g/mol. The fourth-order valence-corrected chi connectivity index (χ4v) is 0.878. The van der Waals surface area contributed by atoms with Crippen LogP contribution in [0.25, 0.3) is 0 Å². The third-order valence-electron chi connectivity index (χ3n) is 1.63. The topological polar surface area (TPSA) is 42.3 Å². The van der Waals surface area contributed by atoms with Gasteiger partial charge >= 0.3 is 0 Å². The van der Waals surface area contributed by atoms with Gasteiger partial charge in [-0.25, -0.2) is 0 Å². The predicted octanol–water partition coefficient (Wildman–Crippen LogP) is 1.12. The SMILES string of the molecule is COC1(OC)C=CC(=N)C=C1. The van der Waals surface area contributed by atoms with Gasteiger partial charge in [0.1, 0.15) is 0 Å². The number of methoxy groups -OCH3 is 2. The van der Waals surface area contributed by atoms with Gasteiger partial charge in [-0.2, -0.15) is 0 Å². The largest absolute Gasteiger partial charge is 0.346 e. The van der Waals surface area contributed by atoms with E-state index in [9.17, 15) is 0 Å². The van der Waals surface area contributed by atoms with Crippen molar-refractivity contribution in [2.45, 2.75) is 5.79 Å². The molecule has 0 atom stereocenters. The molecule has 0 bridgehead atoms. The maximum absolute atomic E-state index is 7.23. The Kier molecular flexibility index (Phi) is 2.22. The zero-order valence-corrected chi connectivity index (χ0v) is 6.63. The van der Waals surface area contributed by atoms with Crippen molar-refractivity contribution >= 4 is 5.71 Å². The van der Waals surface area contributed by atoms with E-state index in [-0.39, 0.29) is 0 Å². The van der Waals surface area contributed by atoms with Gasteiger partial charge in [-0.1, -0.05) is 0 Å². The van der Waals surface area contributed by atoms with Gasteiger partial charge in [0.25, 0.3) is 0 Å². The molecule has 0 amide bonds. The van der Waals surface area contributed by atoms with Gasteiger partial charge in [0.15, 0.2) is 0 Å². The molecule has 0 radical (unpaired) electrons. The second-order valence-corrected chi connectivity index (χ2v) is 2.25. The summed E-state index contributed by atoms with van der Waals surface area (Å²) in [5.74, 6) is -0.759. The Morgan fingerprint density at radius 3 is 2.00 bits per heavy atom. The van der Waals surface area contributed by atoms with Crippen LogP contribution in [0.4, 0.5) is 0 Å². The summed E-state index contributed by atoms with van der Waals surface area (Å²) in [4.78, 5) is 0. The zero-order chi connectivity index (χ0) is 8.32. The Balaban J connectivity index is 2.81. The number of hydrogen-bond acceptors (Lipinski definition) is 3. The molecule has 1 N–H and O–H groups in total. The van der Waals surface area contributed by atoms with Gasteiger partial charge in [0.2, 0.25) is 5.79 Å². The minimum absolute atomic E-state index is 0.453. The van der Waals surface area contributed by atoms with Gasteiger partial charge in [-0.3, -0.25) is 0 Å². The highest BCUT2D eigenvalue weighted by Crippen LogP contribution is 2.18. The van der Waals surface area contributed by atoms with Gasteiger partial charge in [0, 0.05) is 14.2 Å². The van der Waals surface area contributed by atoms with Crippen LogP contribution in [0, 0.1) is 5.41 Å². The molecule has 0 spiro atoms. The van der Waals surface area contributed by atoms with E-state index in [0.717, 1.165) is 0 Å². The highest BCUT2D eigenvalue weighted by Gasteiger charge is 2.24. The summed E-state index contributed by atoms with van der Waals surface area (Å²) < 4.78 is 10.2. The molecule has 0 aliphatic heterocycles. The first-order valence-corrected chi connectivity index (χ1v) is 3.30. The van der Waals surface area contributed by atoms with E-state index in [4.69, 9.17) is 14.9 Å². The summed E-state index contributed by atoms with van der Waals surface area (Å²) in [6.45, 7) is 0. The van der Waals surface area contributed by atoms with Crippen LogP contribution in [0.2, 0.25) is 0 Å². The van der Waals surface area contributed by atoms with Crippen molar-refractivity contribution in [2.75, 3.05) is 14.2 Å². The summed E-state index contributed by atoms with van der Waals surface area (Å²) in [5, 5.41) is 7.23. The van der Waals surface area contributed by atoms with Gasteiger partial charge in [0.05, 0.1) is 5.71 Å². The van der Waals surface area contributed by atoms with Crippen LogP contribution in [0.1, 0.15) is 0 Å². The van der Waals surface area contributed by atoms with Gasteiger partial charge in [-0.05, 0) is 24.3 Å². The van der Waals surface area contributed by atoms with E-state index in [1.807, 2.05) is 0 Å².